The van der Waals surface area contributed by atoms with Crippen LogP contribution in [0.15, 0.2) is 18.2 Å². The molecule has 1 amide bonds. The third kappa shape index (κ3) is 4.65. The molecule has 0 atom stereocenters. The predicted molar refractivity (Wildman–Crippen MR) is 92.3 cm³/mol. The number of carbonyl (C=O) groups excluding carboxylic acids is 1. The number of hydrogen-bond acceptors (Lipinski definition) is 4. The molecule has 1 N–H and O–H groups in total. The molecule has 1 aliphatic rings. The van der Waals surface area contributed by atoms with E-state index in [2.05, 4.69) is 5.32 Å². The van der Waals surface area contributed by atoms with Gasteiger partial charge in [-0.05, 0) is 51.8 Å². The molecule has 0 saturated carbocycles. The Kier molecular flexibility index (Phi) is 7.45. The first-order valence-electron chi connectivity index (χ1n) is 7.72. The molecule has 1 heterocycles. The van der Waals surface area contributed by atoms with Crippen molar-refractivity contribution in [2.45, 2.75) is 26.2 Å². The molecule has 0 aliphatic carbocycles. The van der Waals surface area contributed by atoms with Gasteiger partial charge in [0.2, 0.25) is 0 Å². The number of halogens is 1. The number of nitrogens with one attached hydrogen (secondary N) is 1. The highest BCUT2D eigenvalue weighted by Crippen LogP contribution is 2.25. The van der Waals surface area contributed by atoms with Crippen LogP contribution in [0.4, 0.5) is 5.69 Å². The zero-order valence-corrected chi connectivity index (χ0v) is 14.4. The molecule has 1 fully saturated rings. The molecule has 128 valence electrons. The zero-order valence-electron chi connectivity index (χ0n) is 13.6. The van der Waals surface area contributed by atoms with Gasteiger partial charge in [-0.3, -0.25) is 14.9 Å². The molecule has 0 bridgehead atoms. The van der Waals surface area contributed by atoms with E-state index in [-0.39, 0.29) is 24.0 Å². The van der Waals surface area contributed by atoms with E-state index < -0.39 is 4.92 Å². The van der Waals surface area contributed by atoms with E-state index in [1.165, 1.54) is 6.07 Å². The molecule has 0 aromatic heterocycles. The van der Waals surface area contributed by atoms with Crippen LogP contribution in [0.3, 0.4) is 0 Å². The van der Waals surface area contributed by atoms with E-state index in [0.29, 0.717) is 17.0 Å². The summed E-state index contributed by atoms with van der Waals surface area (Å²) in [4.78, 5) is 25.0. The summed E-state index contributed by atoms with van der Waals surface area (Å²) >= 11 is 0. The molecule has 6 nitrogen and oxygen atoms in total. The molecule has 1 aromatic carbocycles. The molecular formula is C16H24ClN3O3. The molecule has 2 rings (SSSR count). The van der Waals surface area contributed by atoms with Gasteiger partial charge >= 0.3 is 0 Å². The number of nitrogens with zero attached hydrogens (tertiary/aromatic N) is 2. The first-order valence-corrected chi connectivity index (χ1v) is 7.72. The van der Waals surface area contributed by atoms with Crippen molar-refractivity contribution in [3.05, 3.63) is 39.4 Å². The fraction of sp³-hybridized carbons (Fsp3) is 0.562. The first kappa shape index (κ1) is 19.4. The second-order valence-corrected chi connectivity index (χ2v) is 5.83. The van der Waals surface area contributed by atoms with Gasteiger partial charge in [0.25, 0.3) is 11.6 Å². The fourth-order valence-corrected chi connectivity index (χ4v) is 3.00. The number of rotatable bonds is 5. The van der Waals surface area contributed by atoms with E-state index in [4.69, 9.17) is 0 Å². The molecule has 0 unspecified atom stereocenters. The van der Waals surface area contributed by atoms with Crippen molar-refractivity contribution in [3.8, 4) is 0 Å². The Morgan fingerprint density at radius 3 is 2.61 bits per heavy atom. The highest BCUT2D eigenvalue weighted by Gasteiger charge is 2.26. The van der Waals surface area contributed by atoms with Gasteiger partial charge in [-0.15, -0.1) is 12.4 Å². The van der Waals surface area contributed by atoms with E-state index >= 15 is 0 Å². The summed E-state index contributed by atoms with van der Waals surface area (Å²) in [6.45, 7) is 4.11. The van der Waals surface area contributed by atoms with Gasteiger partial charge in [0, 0.05) is 30.3 Å². The number of benzene rings is 1. The lowest BCUT2D eigenvalue weighted by Crippen LogP contribution is -2.39. The maximum atomic E-state index is 12.6. The summed E-state index contributed by atoms with van der Waals surface area (Å²) in [5.41, 5.74) is 0.910. The largest absolute Gasteiger partial charge is 0.339 e. The van der Waals surface area contributed by atoms with E-state index in [0.717, 1.165) is 38.9 Å². The van der Waals surface area contributed by atoms with Crippen molar-refractivity contribution in [2.24, 2.45) is 5.92 Å². The van der Waals surface area contributed by atoms with Crippen LogP contribution in [0.2, 0.25) is 0 Å². The van der Waals surface area contributed by atoms with Crippen LogP contribution in [0.5, 0.6) is 0 Å². The Morgan fingerprint density at radius 2 is 2.04 bits per heavy atom. The molecular weight excluding hydrogens is 318 g/mol. The number of likely N-dealkylation sites (tertiary alicyclic amines) is 1. The molecule has 7 heteroatoms. The minimum absolute atomic E-state index is 0. The number of amides is 1. The minimum Gasteiger partial charge on any atom is -0.339 e. The summed E-state index contributed by atoms with van der Waals surface area (Å²) in [5.74, 6) is 0.566. The average molecular weight is 342 g/mol. The zero-order chi connectivity index (χ0) is 16.1. The first-order chi connectivity index (χ1) is 10.5. The second kappa shape index (κ2) is 8.84. The van der Waals surface area contributed by atoms with Gasteiger partial charge in [0.15, 0.2) is 0 Å². The number of carbonyl (C=O) groups is 1. The fourth-order valence-electron chi connectivity index (χ4n) is 3.00. The van der Waals surface area contributed by atoms with Crippen LogP contribution in [-0.4, -0.2) is 42.4 Å². The van der Waals surface area contributed by atoms with Crippen molar-refractivity contribution < 1.29 is 9.72 Å². The topological polar surface area (TPSA) is 75.5 Å². The number of piperidine rings is 1. The van der Waals surface area contributed by atoms with Gasteiger partial charge in [-0.1, -0.05) is 6.07 Å². The van der Waals surface area contributed by atoms with Crippen molar-refractivity contribution in [1.29, 1.82) is 0 Å². The maximum Gasteiger partial charge on any atom is 0.273 e. The molecule has 1 aromatic rings. The monoisotopic (exact) mass is 341 g/mol. The van der Waals surface area contributed by atoms with Gasteiger partial charge in [0.05, 0.1) is 4.92 Å². The van der Waals surface area contributed by atoms with Gasteiger partial charge in [0.1, 0.15) is 0 Å². The van der Waals surface area contributed by atoms with E-state index in [1.54, 1.807) is 19.1 Å². The van der Waals surface area contributed by atoms with Crippen LogP contribution in [0.25, 0.3) is 0 Å². The Labute approximate surface area is 142 Å². The lowest BCUT2D eigenvalue weighted by atomic mass is 9.93. The third-order valence-corrected chi connectivity index (χ3v) is 4.44. The minimum atomic E-state index is -0.434. The van der Waals surface area contributed by atoms with Crippen LogP contribution in [-0.2, 0) is 0 Å². The number of nitro groups is 1. The smallest absolute Gasteiger partial charge is 0.273 e. The summed E-state index contributed by atoms with van der Waals surface area (Å²) in [5, 5.41) is 14.1. The highest BCUT2D eigenvalue weighted by molar-refractivity contribution is 5.96. The maximum absolute atomic E-state index is 12.6. The van der Waals surface area contributed by atoms with Crippen LogP contribution >= 0.6 is 12.4 Å². The normalized spacial score (nSPS) is 15.1. The third-order valence-electron chi connectivity index (χ3n) is 4.44. The summed E-state index contributed by atoms with van der Waals surface area (Å²) < 4.78 is 0. The number of nitro benzene ring substituents is 1. The van der Waals surface area contributed by atoms with Gasteiger partial charge in [-0.25, -0.2) is 0 Å². The van der Waals surface area contributed by atoms with Gasteiger partial charge < -0.3 is 10.2 Å². The van der Waals surface area contributed by atoms with Gasteiger partial charge in [-0.2, -0.15) is 0 Å². The Bertz CT molecular complexity index is 558. The second-order valence-electron chi connectivity index (χ2n) is 5.83. The standard InChI is InChI=1S/C16H23N3O3.ClH/c1-12-14(4-3-5-15(12)19(21)22)16(20)18-10-7-13(8-11-18)6-9-17-2;/h3-5,13,17H,6-11H2,1-2H3;1H. The summed E-state index contributed by atoms with van der Waals surface area (Å²) in [6, 6.07) is 4.70. The summed E-state index contributed by atoms with van der Waals surface area (Å²) in [7, 11) is 1.95. The molecule has 0 radical (unpaired) electrons. The molecule has 1 saturated heterocycles. The van der Waals surface area contributed by atoms with Crippen LogP contribution < -0.4 is 5.32 Å². The van der Waals surface area contributed by atoms with Crippen molar-refractivity contribution in [1.82, 2.24) is 10.2 Å². The SMILES string of the molecule is CNCCC1CCN(C(=O)c2cccc([N+](=O)[O-])c2C)CC1.Cl. The van der Waals surface area contributed by atoms with E-state index in [9.17, 15) is 14.9 Å². The van der Waals surface area contributed by atoms with Crippen molar-refractivity contribution in [2.75, 3.05) is 26.7 Å². The Hall–Kier alpha value is -1.66. The lowest BCUT2D eigenvalue weighted by molar-refractivity contribution is -0.385. The Morgan fingerprint density at radius 1 is 1.39 bits per heavy atom. The average Bonchev–Trinajstić information content (AvgIpc) is 2.52. The van der Waals surface area contributed by atoms with Crippen LogP contribution in [0, 0.1) is 23.0 Å². The molecule has 1 aliphatic heterocycles. The molecule has 0 spiro atoms. The van der Waals surface area contributed by atoms with Crippen molar-refractivity contribution in [3.63, 3.8) is 0 Å². The quantitative estimate of drug-likeness (QED) is 0.660. The van der Waals surface area contributed by atoms with Crippen molar-refractivity contribution >= 4 is 24.0 Å². The number of hydrogen-bond donors (Lipinski definition) is 1. The van der Waals surface area contributed by atoms with Crippen LogP contribution in [0.1, 0.15) is 35.2 Å². The summed E-state index contributed by atoms with van der Waals surface area (Å²) in [6.07, 6.45) is 3.14. The highest BCUT2D eigenvalue weighted by atomic mass is 35.5. The Balaban J connectivity index is 0.00000264. The lowest BCUT2D eigenvalue weighted by Gasteiger charge is -2.32. The molecule has 23 heavy (non-hydrogen) atoms. The van der Waals surface area contributed by atoms with E-state index in [1.807, 2.05) is 11.9 Å². The predicted octanol–water partition coefficient (Wildman–Crippen LogP) is 2.79.